The van der Waals surface area contributed by atoms with Crippen molar-refractivity contribution in [3.63, 3.8) is 0 Å². The van der Waals surface area contributed by atoms with Gasteiger partial charge >= 0.3 is 5.97 Å². The number of carbonyl (C=O) groups is 2. The SMILES string of the molecule is COC(=O)[C@@H](CC(C)C)NC(=O)CN(C)S(=O)(=O)c1ccc2ccccc2c1. The smallest absolute Gasteiger partial charge is 0.328 e. The summed E-state index contributed by atoms with van der Waals surface area (Å²) in [6, 6.07) is 11.4. The van der Waals surface area contributed by atoms with Crippen molar-refractivity contribution in [1.29, 1.82) is 0 Å². The molecule has 152 valence electrons. The number of methoxy groups -OCH3 is 1. The van der Waals surface area contributed by atoms with E-state index in [0.29, 0.717) is 6.42 Å². The van der Waals surface area contributed by atoms with Crippen LogP contribution >= 0.6 is 0 Å². The molecule has 7 nitrogen and oxygen atoms in total. The lowest BCUT2D eigenvalue weighted by atomic mass is 10.0. The van der Waals surface area contributed by atoms with E-state index in [1.807, 2.05) is 38.1 Å². The molecule has 2 aromatic rings. The minimum atomic E-state index is -3.85. The van der Waals surface area contributed by atoms with Crippen molar-refractivity contribution in [2.24, 2.45) is 5.92 Å². The minimum absolute atomic E-state index is 0.105. The topological polar surface area (TPSA) is 92.8 Å². The van der Waals surface area contributed by atoms with Gasteiger partial charge in [0, 0.05) is 7.05 Å². The summed E-state index contributed by atoms with van der Waals surface area (Å²) in [6.45, 7) is 3.43. The third kappa shape index (κ3) is 5.30. The summed E-state index contributed by atoms with van der Waals surface area (Å²) in [5.41, 5.74) is 0. The molecule has 2 aromatic carbocycles. The quantitative estimate of drug-likeness (QED) is 0.678. The van der Waals surface area contributed by atoms with E-state index in [9.17, 15) is 18.0 Å². The normalized spacial score (nSPS) is 12.9. The first-order valence-corrected chi connectivity index (χ1v) is 10.4. The molecular weight excluding hydrogens is 380 g/mol. The Labute approximate surface area is 165 Å². The van der Waals surface area contributed by atoms with E-state index in [1.165, 1.54) is 20.2 Å². The van der Waals surface area contributed by atoms with Crippen LogP contribution in [0.25, 0.3) is 10.8 Å². The summed E-state index contributed by atoms with van der Waals surface area (Å²) in [6.07, 6.45) is 0.402. The molecule has 0 bridgehead atoms. The van der Waals surface area contributed by atoms with Gasteiger partial charge in [0.2, 0.25) is 15.9 Å². The third-order valence-corrected chi connectivity index (χ3v) is 6.12. The zero-order valence-electron chi connectivity index (χ0n) is 16.5. The molecule has 2 rings (SSSR count). The van der Waals surface area contributed by atoms with Crippen LogP contribution in [0.4, 0.5) is 0 Å². The van der Waals surface area contributed by atoms with E-state index in [0.717, 1.165) is 15.1 Å². The number of nitrogens with zero attached hydrogens (tertiary/aromatic N) is 1. The van der Waals surface area contributed by atoms with Gasteiger partial charge in [0.05, 0.1) is 18.6 Å². The zero-order chi connectivity index (χ0) is 20.9. The molecule has 8 heteroatoms. The van der Waals surface area contributed by atoms with Crippen molar-refractivity contribution in [2.75, 3.05) is 20.7 Å². The molecule has 0 spiro atoms. The fourth-order valence-corrected chi connectivity index (χ4v) is 4.03. The number of hydrogen-bond acceptors (Lipinski definition) is 5. The number of esters is 1. The Balaban J connectivity index is 2.13. The largest absolute Gasteiger partial charge is 0.467 e. The maximum absolute atomic E-state index is 12.8. The monoisotopic (exact) mass is 406 g/mol. The van der Waals surface area contributed by atoms with Crippen LogP contribution in [0.5, 0.6) is 0 Å². The van der Waals surface area contributed by atoms with Gasteiger partial charge in [0.15, 0.2) is 0 Å². The maximum Gasteiger partial charge on any atom is 0.328 e. The number of fused-ring (bicyclic) bond motifs is 1. The number of sulfonamides is 1. The molecule has 0 fully saturated rings. The van der Waals surface area contributed by atoms with Gasteiger partial charge in [-0.1, -0.05) is 44.2 Å². The van der Waals surface area contributed by atoms with Gasteiger partial charge in [-0.25, -0.2) is 13.2 Å². The summed E-state index contributed by atoms with van der Waals surface area (Å²) in [5.74, 6) is -0.964. The minimum Gasteiger partial charge on any atom is -0.467 e. The van der Waals surface area contributed by atoms with Gasteiger partial charge in [0.25, 0.3) is 0 Å². The fraction of sp³-hybridized carbons (Fsp3) is 0.400. The number of rotatable bonds is 8. The first kappa shape index (κ1) is 21.8. The lowest BCUT2D eigenvalue weighted by Gasteiger charge is -2.21. The Hall–Kier alpha value is -2.45. The van der Waals surface area contributed by atoms with Gasteiger partial charge in [-0.15, -0.1) is 0 Å². The van der Waals surface area contributed by atoms with Crippen molar-refractivity contribution in [1.82, 2.24) is 9.62 Å². The highest BCUT2D eigenvalue weighted by Crippen LogP contribution is 2.21. The summed E-state index contributed by atoms with van der Waals surface area (Å²) >= 11 is 0. The molecule has 0 heterocycles. The summed E-state index contributed by atoms with van der Waals surface area (Å²) in [7, 11) is -1.27. The molecule has 0 saturated heterocycles. The molecule has 0 aliphatic rings. The Morgan fingerprint density at radius 3 is 2.36 bits per heavy atom. The third-order valence-electron chi connectivity index (χ3n) is 4.32. The summed E-state index contributed by atoms with van der Waals surface area (Å²) < 4.78 is 31.3. The van der Waals surface area contributed by atoms with Crippen molar-refractivity contribution in [3.8, 4) is 0 Å². The van der Waals surface area contributed by atoms with E-state index >= 15 is 0 Å². The van der Waals surface area contributed by atoms with E-state index in [4.69, 9.17) is 4.74 Å². The van der Waals surface area contributed by atoms with E-state index < -0.39 is 34.5 Å². The van der Waals surface area contributed by atoms with Crippen LogP contribution < -0.4 is 5.32 Å². The van der Waals surface area contributed by atoms with Crippen LogP contribution in [0.1, 0.15) is 20.3 Å². The van der Waals surface area contributed by atoms with Gasteiger partial charge < -0.3 is 10.1 Å². The standard InChI is InChI=1S/C20H26N2O5S/c1-14(2)11-18(20(24)27-4)21-19(23)13-22(3)28(25,26)17-10-9-15-7-5-6-8-16(15)12-17/h5-10,12,14,18H,11,13H2,1-4H3,(H,21,23)/t18-/m1/s1. The average Bonchev–Trinajstić information content (AvgIpc) is 2.65. The molecule has 1 N–H and O–H groups in total. The molecule has 28 heavy (non-hydrogen) atoms. The lowest BCUT2D eigenvalue weighted by molar-refractivity contribution is -0.145. The molecule has 0 aliphatic heterocycles. The van der Waals surface area contributed by atoms with Gasteiger partial charge in [-0.3, -0.25) is 4.79 Å². The second kappa shape index (κ2) is 9.16. The molecule has 0 unspecified atom stereocenters. The Bertz CT molecular complexity index is 956. The Morgan fingerprint density at radius 1 is 1.11 bits per heavy atom. The molecule has 0 saturated carbocycles. The van der Waals surface area contributed by atoms with Crippen LogP contribution in [0.2, 0.25) is 0 Å². The second-order valence-corrected chi connectivity index (χ2v) is 9.09. The molecule has 0 aromatic heterocycles. The van der Waals surface area contributed by atoms with Crippen molar-refractivity contribution < 1.29 is 22.7 Å². The molecule has 1 amide bonds. The average molecular weight is 407 g/mol. The Kier molecular flexibility index (Phi) is 7.15. The van der Waals surface area contributed by atoms with Gasteiger partial charge in [-0.2, -0.15) is 4.31 Å². The number of carbonyl (C=O) groups excluding carboxylic acids is 2. The van der Waals surface area contributed by atoms with Crippen LogP contribution in [0.3, 0.4) is 0 Å². The number of ether oxygens (including phenoxy) is 1. The van der Waals surface area contributed by atoms with Crippen LogP contribution in [-0.2, 0) is 24.3 Å². The first-order valence-electron chi connectivity index (χ1n) is 8.97. The molecule has 0 radical (unpaired) electrons. The maximum atomic E-state index is 12.8. The van der Waals surface area contributed by atoms with E-state index in [-0.39, 0.29) is 10.8 Å². The zero-order valence-corrected chi connectivity index (χ0v) is 17.3. The van der Waals surface area contributed by atoms with E-state index in [2.05, 4.69) is 5.32 Å². The van der Waals surface area contributed by atoms with Crippen LogP contribution in [0.15, 0.2) is 47.4 Å². The highest BCUT2D eigenvalue weighted by atomic mass is 32.2. The van der Waals surface area contributed by atoms with Crippen LogP contribution in [0, 0.1) is 5.92 Å². The fourth-order valence-electron chi connectivity index (χ4n) is 2.86. The van der Waals surface area contributed by atoms with Crippen molar-refractivity contribution in [3.05, 3.63) is 42.5 Å². The van der Waals surface area contributed by atoms with Crippen LogP contribution in [-0.4, -0.2) is 51.3 Å². The molecule has 0 aliphatic carbocycles. The molecule has 1 atom stereocenters. The van der Waals surface area contributed by atoms with Crippen molar-refractivity contribution in [2.45, 2.75) is 31.2 Å². The van der Waals surface area contributed by atoms with Crippen molar-refractivity contribution >= 4 is 32.7 Å². The Morgan fingerprint density at radius 2 is 1.75 bits per heavy atom. The van der Waals surface area contributed by atoms with Gasteiger partial charge in [-0.05, 0) is 35.2 Å². The van der Waals surface area contributed by atoms with Gasteiger partial charge in [0.1, 0.15) is 6.04 Å². The highest BCUT2D eigenvalue weighted by Gasteiger charge is 2.27. The molecular formula is C20H26N2O5S. The second-order valence-electron chi connectivity index (χ2n) is 7.04. The number of likely N-dealkylation sites (N-methyl/N-ethyl adjacent to an activating group) is 1. The lowest BCUT2D eigenvalue weighted by Crippen LogP contribution is -2.46. The van der Waals surface area contributed by atoms with E-state index in [1.54, 1.807) is 12.1 Å². The predicted octanol–water partition coefficient (Wildman–Crippen LogP) is 2.16. The summed E-state index contributed by atoms with van der Waals surface area (Å²) in [5, 5.41) is 4.29. The number of benzene rings is 2. The first-order chi connectivity index (χ1) is 13.1. The predicted molar refractivity (Wildman–Crippen MR) is 107 cm³/mol. The number of amides is 1. The highest BCUT2D eigenvalue weighted by molar-refractivity contribution is 7.89. The summed E-state index contributed by atoms with van der Waals surface area (Å²) in [4.78, 5) is 24.3. The number of hydrogen-bond donors (Lipinski definition) is 1. The number of nitrogens with one attached hydrogen (secondary N) is 1.